The van der Waals surface area contributed by atoms with E-state index in [1.807, 2.05) is 42.8 Å². The number of carbonyl (C=O) groups excluding carboxylic acids is 1. The molecule has 5 heteroatoms. The molecule has 122 valence electrons. The van der Waals surface area contributed by atoms with Crippen LogP contribution in [0, 0.1) is 0 Å². The van der Waals surface area contributed by atoms with Gasteiger partial charge in [-0.1, -0.05) is 12.1 Å². The minimum absolute atomic E-state index is 0.0480. The van der Waals surface area contributed by atoms with Crippen LogP contribution in [0.3, 0.4) is 0 Å². The lowest BCUT2D eigenvalue weighted by Crippen LogP contribution is -2.51. The van der Waals surface area contributed by atoms with E-state index < -0.39 is 0 Å². The number of benzene rings is 1. The molecule has 0 saturated carbocycles. The maximum atomic E-state index is 12.7. The molecular weight excluding hydrogens is 296 g/mol. The van der Waals surface area contributed by atoms with Gasteiger partial charge in [0, 0.05) is 37.7 Å². The Morgan fingerprint density at radius 1 is 1.27 bits per heavy atom. The van der Waals surface area contributed by atoms with Gasteiger partial charge in [-0.2, -0.15) is 11.8 Å². The van der Waals surface area contributed by atoms with E-state index in [4.69, 9.17) is 0 Å². The number of amides is 1. The van der Waals surface area contributed by atoms with Crippen LogP contribution in [0.5, 0.6) is 5.75 Å². The van der Waals surface area contributed by atoms with Crippen LogP contribution in [-0.2, 0) is 11.2 Å². The Morgan fingerprint density at radius 2 is 1.86 bits per heavy atom. The molecular formula is C17H26N2O2S. The second-order valence-corrected chi connectivity index (χ2v) is 7.22. The molecule has 1 aromatic rings. The molecule has 0 unspecified atom stereocenters. The molecule has 1 N–H and O–H groups in total. The zero-order valence-electron chi connectivity index (χ0n) is 13.7. The van der Waals surface area contributed by atoms with Crippen molar-refractivity contribution in [3.63, 3.8) is 0 Å². The predicted molar refractivity (Wildman–Crippen MR) is 92.4 cm³/mol. The first-order valence-corrected chi connectivity index (χ1v) is 9.01. The average Bonchev–Trinajstić information content (AvgIpc) is 2.55. The molecule has 1 saturated heterocycles. The number of hydrogen-bond donors (Lipinski definition) is 1. The highest BCUT2D eigenvalue weighted by molar-refractivity contribution is 7.99. The van der Waals surface area contributed by atoms with E-state index in [1.165, 1.54) is 0 Å². The van der Waals surface area contributed by atoms with E-state index in [9.17, 15) is 9.90 Å². The Balaban J connectivity index is 1.92. The van der Waals surface area contributed by atoms with Gasteiger partial charge in [0.15, 0.2) is 0 Å². The second kappa shape index (κ2) is 7.88. The van der Waals surface area contributed by atoms with Gasteiger partial charge in [-0.3, -0.25) is 9.69 Å². The molecule has 0 radical (unpaired) electrons. The fourth-order valence-corrected chi connectivity index (χ4v) is 3.67. The quantitative estimate of drug-likeness (QED) is 0.903. The molecule has 0 aliphatic carbocycles. The van der Waals surface area contributed by atoms with E-state index in [-0.39, 0.29) is 23.7 Å². The smallest absolute Gasteiger partial charge is 0.239 e. The van der Waals surface area contributed by atoms with Crippen molar-refractivity contribution in [1.29, 1.82) is 0 Å². The van der Waals surface area contributed by atoms with Gasteiger partial charge in [-0.25, -0.2) is 0 Å². The van der Waals surface area contributed by atoms with Crippen molar-refractivity contribution in [1.82, 2.24) is 9.80 Å². The first kappa shape index (κ1) is 17.2. The van der Waals surface area contributed by atoms with Crippen LogP contribution in [0.25, 0.3) is 0 Å². The van der Waals surface area contributed by atoms with Crippen LogP contribution in [0.15, 0.2) is 24.3 Å². The molecule has 1 aromatic carbocycles. The summed E-state index contributed by atoms with van der Waals surface area (Å²) in [6.45, 7) is 6.08. The van der Waals surface area contributed by atoms with Crippen LogP contribution in [0.4, 0.5) is 0 Å². The van der Waals surface area contributed by atoms with Gasteiger partial charge in [0.2, 0.25) is 5.91 Å². The molecule has 0 spiro atoms. The molecule has 4 nitrogen and oxygen atoms in total. The first-order valence-electron chi connectivity index (χ1n) is 7.85. The summed E-state index contributed by atoms with van der Waals surface area (Å²) in [5.41, 5.74) is 1.13. The van der Waals surface area contributed by atoms with Crippen LogP contribution in [-0.4, -0.2) is 64.5 Å². The third-order valence-corrected chi connectivity index (χ3v) is 5.37. The summed E-state index contributed by atoms with van der Waals surface area (Å²) in [4.78, 5) is 16.8. The zero-order chi connectivity index (χ0) is 16.1. The minimum Gasteiger partial charge on any atom is -0.508 e. The molecule has 1 heterocycles. The Labute approximate surface area is 137 Å². The lowest BCUT2D eigenvalue weighted by atomic mass is 10.1. The standard InChI is InChI=1S/C17H26N2O2S/c1-13(12-15-4-6-16(20)7-5-15)18(3)17(21)14(2)19-8-10-22-11-9-19/h4-7,13-14,20H,8-12H2,1-3H3/t13-,14-/m0/s1. The third-order valence-electron chi connectivity index (χ3n) is 4.43. The van der Waals surface area contributed by atoms with Crippen molar-refractivity contribution < 1.29 is 9.90 Å². The summed E-state index contributed by atoms with van der Waals surface area (Å²) in [5, 5.41) is 9.33. The van der Waals surface area contributed by atoms with Gasteiger partial charge in [0.05, 0.1) is 6.04 Å². The zero-order valence-corrected chi connectivity index (χ0v) is 14.5. The topological polar surface area (TPSA) is 43.8 Å². The first-order chi connectivity index (χ1) is 10.5. The predicted octanol–water partition coefficient (Wildman–Crippen LogP) is 2.22. The Hall–Kier alpha value is -1.20. The van der Waals surface area contributed by atoms with Crippen LogP contribution in [0.1, 0.15) is 19.4 Å². The van der Waals surface area contributed by atoms with E-state index in [1.54, 1.807) is 12.1 Å². The van der Waals surface area contributed by atoms with Crippen LogP contribution >= 0.6 is 11.8 Å². The lowest BCUT2D eigenvalue weighted by Gasteiger charge is -2.35. The number of carbonyl (C=O) groups is 1. The molecule has 0 bridgehead atoms. The van der Waals surface area contributed by atoms with Crippen molar-refractivity contribution in [3.05, 3.63) is 29.8 Å². The van der Waals surface area contributed by atoms with Crippen molar-refractivity contribution in [2.45, 2.75) is 32.4 Å². The minimum atomic E-state index is -0.0480. The van der Waals surface area contributed by atoms with Crippen molar-refractivity contribution >= 4 is 17.7 Å². The van der Waals surface area contributed by atoms with Crippen LogP contribution in [0.2, 0.25) is 0 Å². The maximum Gasteiger partial charge on any atom is 0.239 e. The molecule has 1 aliphatic heterocycles. The number of likely N-dealkylation sites (N-methyl/N-ethyl adjacent to an activating group) is 1. The fourth-order valence-electron chi connectivity index (χ4n) is 2.74. The number of phenols is 1. The number of nitrogens with zero attached hydrogens (tertiary/aromatic N) is 2. The summed E-state index contributed by atoms with van der Waals surface area (Å²) in [7, 11) is 1.89. The summed E-state index contributed by atoms with van der Waals surface area (Å²) < 4.78 is 0. The normalized spacial score (nSPS) is 18.7. The highest BCUT2D eigenvalue weighted by Crippen LogP contribution is 2.16. The number of rotatable bonds is 5. The van der Waals surface area contributed by atoms with Gasteiger partial charge in [-0.15, -0.1) is 0 Å². The van der Waals surface area contributed by atoms with Crippen molar-refractivity contribution in [2.24, 2.45) is 0 Å². The molecule has 1 amide bonds. The molecule has 2 rings (SSSR count). The highest BCUT2D eigenvalue weighted by Gasteiger charge is 2.27. The lowest BCUT2D eigenvalue weighted by molar-refractivity contribution is -0.136. The SMILES string of the molecule is C[C@@H](C(=O)N(C)[C@@H](C)Cc1ccc(O)cc1)N1CCSCC1. The fraction of sp³-hybridized carbons (Fsp3) is 0.588. The van der Waals surface area contributed by atoms with Gasteiger partial charge < -0.3 is 10.0 Å². The van der Waals surface area contributed by atoms with Crippen molar-refractivity contribution in [2.75, 3.05) is 31.6 Å². The summed E-state index contributed by atoms with van der Waals surface area (Å²) in [6.07, 6.45) is 0.797. The average molecular weight is 322 g/mol. The highest BCUT2D eigenvalue weighted by atomic mass is 32.2. The van der Waals surface area contributed by atoms with E-state index >= 15 is 0 Å². The third kappa shape index (κ3) is 4.40. The molecule has 1 aliphatic rings. The molecule has 0 aromatic heterocycles. The number of aromatic hydroxyl groups is 1. The maximum absolute atomic E-state index is 12.7. The van der Waals surface area contributed by atoms with Crippen LogP contribution < -0.4 is 0 Å². The van der Waals surface area contributed by atoms with E-state index in [0.29, 0.717) is 0 Å². The van der Waals surface area contributed by atoms with Crippen molar-refractivity contribution in [3.8, 4) is 5.75 Å². The monoisotopic (exact) mass is 322 g/mol. The summed E-state index contributed by atoms with van der Waals surface area (Å²) in [6, 6.07) is 7.30. The Bertz CT molecular complexity index is 486. The summed E-state index contributed by atoms with van der Waals surface area (Å²) >= 11 is 1.96. The molecule has 22 heavy (non-hydrogen) atoms. The number of hydrogen-bond acceptors (Lipinski definition) is 4. The van der Waals surface area contributed by atoms with Gasteiger partial charge in [-0.05, 0) is 38.0 Å². The Kier molecular flexibility index (Phi) is 6.15. The van der Waals surface area contributed by atoms with E-state index in [2.05, 4.69) is 11.8 Å². The van der Waals surface area contributed by atoms with E-state index in [0.717, 1.165) is 36.6 Å². The van der Waals surface area contributed by atoms with Gasteiger partial charge in [0.1, 0.15) is 5.75 Å². The Morgan fingerprint density at radius 3 is 2.45 bits per heavy atom. The number of phenolic OH excluding ortho intramolecular Hbond substituents is 1. The summed E-state index contributed by atoms with van der Waals surface area (Å²) in [5.74, 6) is 2.70. The second-order valence-electron chi connectivity index (χ2n) is 5.99. The molecule has 1 fully saturated rings. The van der Waals surface area contributed by atoms with Gasteiger partial charge in [0.25, 0.3) is 0 Å². The van der Waals surface area contributed by atoms with Gasteiger partial charge >= 0.3 is 0 Å². The largest absolute Gasteiger partial charge is 0.508 e. The number of thioether (sulfide) groups is 1. The molecule has 2 atom stereocenters.